The van der Waals surface area contributed by atoms with Crippen LogP contribution in [-0.4, -0.2) is 38.4 Å². The van der Waals surface area contributed by atoms with Gasteiger partial charge in [-0.2, -0.15) is 0 Å². The van der Waals surface area contributed by atoms with E-state index in [4.69, 9.17) is 14.2 Å². The van der Waals surface area contributed by atoms with Crippen molar-refractivity contribution in [1.82, 2.24) is 5.32 Å². The Kier molecular flexibility index (Phi) is 5.80. The van der Waals surface area contributed by atoms with Gasteiger partial charge in [-0.1, -0.05) is 6.07 Å². The molecule has 0 radical (unpaired) electrons. The van der Waals surface area contributed by atoms with Gasteiger partial charge in [0.25, 0.3) is 0 Å². The fourth-order valence-electron chi connectivity index (χ4n) is 2.88. The maximum atomic E-state index is 12.3. The summed E-state index contributed by atoms with van der Waals surface area (Å²) in [4.78, 5) is 24.1. The first-order valence-corrected chi connectivity index (χ1v) is 8.73. The second kappa shape index (κ2) is 8.44. The highest BCUT2D eigenvalue weighted by Gasteiger charge is 2.22. The van der Waals surface area contributed by atoms with Crippen molar-refractivity contribution in [2.45, 2.75) is 19.4 Å². The number of fused-ring (bicyclic) bond motifs is 1. The van der Waals surface area contributed by atoms with Crippen LogP contribution < -0.4 is 20.1 Å². The summed E-state index contributed by atoms with van der Waals surface area (Å²) in [6.45, 7) is 2.42. The quantitative estimate of drug-likeness (QED) is 0.790. The molecule has 1 aliphatic heterocycles. The topological polar surface area (TPSA) is 85.9 Å². The van der Waals surface area contributed by atoms with Crippen molar-refractivity contribution in [2.24, 2.45) is 0 Å². The van der Waals surface area contributed by atoms with Crippen molar-refractivity contribution in [3.8, 4) is 11.5 Å². The van der Waals surface area contributed by atoms with E-state index in [-0.39, 0.29) is 12.1 Å². The number of methoxy groups -OCH3 is 1. The highest BCUT2D eigenvalue weighted by atomic mass is 16.5. The smallest absolute Gasteiger partial charge is 0.338 e. The van der Waals surface area contributed by atoms with Crippen molar-refractivity contribution >= 4 is 17.7 Å². The molecule has 27 heavy (non-hydrogen) atoms. The van der Waals surface area contributed by atoms with Crippen molar-refractivity contribution in [1.29, 1.82) is 0 Å². The number of ether oxygens (including phenoxy) is 3. The molecule has 2 N–H and O–H groups in total. The molecule has 0 spiro atoms. The van der Waals surface area contributed by atoms with E-state index in [1.165, 1.54) is 0 Å². The van der Waals surface area contributed by atoms with E-state index in [1.54, 1.807) is 38.3 Å². The second-order valence-corrected chi connectivity index (χ2v) is 6.09. The van der Waals surface area contributed by atoms with E-state index >= 15 is 0 Å². The number of hydrogen-bond acceptors (Lipinski definition) is 5. The third kappa shape index (κ3) is 4.69. The fraction of sp³-hybridized carbons (Fsp3) is 0.300. The summed E-state index contributed by atoms with van der Waals surface area (Å²) in [6, 6.07) is 11.7. The number of hydrogen-bond donors (Lipinski definition) is 2. The second-order valence-electron chi connectivity index (χ2n) is 6.09. The Morgan fingerprint density at radius 1 is 1.22 bits per heavy atom. The van der Waals surface area contributed by atoms with Gasteiger partial charge < -0.3 is 24.8 Å². The lowest BCUT2D eigenvalue weighted by Crippen LogP contribution is -2.44. The summed E-state index contributed by atoms with van der Waals surface area (Å²) in [5, 5.41) is 5.62. The summed E-state index contributed by atoms with van der Waals surface area (Å²) >= 11 is 0. The van der Waals surface area contributed by atoms with Gasteiger partial charge in [0, 0.05) is 5.69 Å². The largest absolute Gasteiger partial charge is 0.497 e. The predicted octanol–water partition coefficient (Wildman–Crippen LogP) is 3.00. The minimum atomic E-state index is -0.423. The van der Waals surface area contributed by atoms with Gasteiger partial charge in [0.1, 0.15) is 18.1 Å². The first kappa shape index (κ1) is 18.6. The maximum absolute atomic E-state index is 12.3. The van der Waals surface area contributed by atoms with E-state index in [0.717, 1.165) is 17.1 Å². The first-order chi connectivity index (χ1) is 13.1. The monoisotopic (exact) mass is 370 g/mol. The van der Waals surface area contributed by atoms with E-state index in [0.29, 0.717) is 30.9 Å². The van der Waals surface area contributed by atoms with Crippen LogP contribution >= 0.6 is 0 Å². The Morgan fingerprint density at radius 2 is 2.07 bits per heavy atom. The first-order valence-electron chi connectivity index (χ1n) is 8.73. The molecule has 1 atom stereocenters. The van der Waals surface area contributed by atoms with Gasteiger partial charge in [-0.3, -0.25) is 0 Å². The Balaban J connectivity index is 1.60. The molecular weight excluding hydrogens is 348 g/mol. The van der Waals surface area contributed by atoms with Gasteiger partial charge in [-0.05, 0) is 55.3 Å². The lowest BCUT2D eigenvalue weighted by molar-refractivity contribution is 0.0526. The fourth-order valence-corrected chi connectivity index (χ4v) is 2.88. The Bertz CT molecular complexity index is 837. The molecule has 2 aromatic carbocycles. The van der Waals surface area contributed by atoms with E-state index in [2.05, 4.69) is 10.6 Å². The van der Waals surface area contributed by atoms with Crippen molar-refractivity contribution in [3.05, 3.63) is 53.6 Å². The van der Waals surface area contributed by atoms with E-state index < -0.39 is 5.97 Å². The standard InChI is InChI=1S/C20H22N2O5/c1-3-26-19(23)13-5-4-6-15(9-13)21-20(24)22-16-10-14-11-17(25-2)7-8-18(14)27-12-16/h4-9,11,16H,3,10,12H2,1-2H3,(H2,21,22,24). The molecule has 7 heteroatoms. The molecule has 2 amide bonds. The average molecular weight is 370 g/mol. The molecule has 0 aliphatic carbocycles. The van der Waals surface area contributed by atoms with Crippen molar-refractivity contribution in [2.75, 3.05) is 25.6 Å². The average Bonchev–Trinajstić information content (AvgIpc) is 2.67. The summed E-state index contributed by atoms with van der Waals surface area (Å²) in [7, 11) is 1.61. The van der Waals surface area contributed by atoms with Crippen LogP contribution in [0, 0.1) is 0 Å². The van der Waals surface area contributed by atoms with Crippen molar-refractivity contribution < 1.29 is 23.8 Å². The normalized spacial score (nSPS) is 15.1. The Labute approximate surface area is 157 Å². The molecule has 142 valence electrons. The van der Waals surface area contributed by atoms with Gasteiger partial charge >= 0.3 is 12.0 Å². The molecule has 3 rings (SSSR count). The summed E-state index contributed by atoms with van der Waals surface area (Å²) in [5.74, 6) is 1.13. The summed E-state index contributed by atoms with van der Waals surface area (Å²) in [5.41, 5.74) is 1.88. The lowest BCUT2D eigenvalue weighted by atomic mass is 10.0. The molecule has 0 saturated heterocycles. The van der Waals surface area contributed by atoms with Gasteiger partial charge in [0.2, 0.25) is 0 Å². The van der Waals surface area contributed by atoms with Crippen LogP contribution in [0.5, 0.6) is 11.5 Å². The number of amides is 2. The number of rotatable bonds is 5. The zero-order valence-electron chi connectivity index (χ0n) is 15.3. The number of carbonyl (C=O) groups excluding carboxylic acids is 2. The van der Waals surface area contributed by atoms with Crippen LogP contribution in [0.4, 0.5) is 10.5 Å². The van der Waals surface area contributed by atoms with E-state index in [1.807, 2.05) is 18.2 Å². The number of anilines is 1. The molecular formula is C20H22N2O5. The third-order valence-electron chi connectivity index (χ3n) is 4.14. The molecule has 0 fully saturated rings. The molecule has 1 heterocycles. The molecule has 0 saturated carbocycles. The van der Waals surface area contributed by atoms with Crippen LogP contribution in [0.3, 0.4) is 0 Å². The Morgan fingerprint density at radius 3 is 2.85 bits per heavy atom. The summed E-state index contributed by atoms with van der Waals surface area (Å²) < 4.78 is 15.9. The molecule has 0 aromatic heterocycles. The van der Waals surface area contributed by atoms with Gasteiger partial charge in [0.15, 0.2) is 0 Å². The third-order valence-corrected chi connectivity index (χ3v) is 4.14. The molecule has 7 nitrogen and oxygen atoms in total. The predicted molar refractivity (Wildman–Crippen MR) is 101 cm³/mol. The highest BCUT2D eigenvalue weighted by molar-refractivity contribution is 5.94. The lowest BCUT2D eigenvalue weighted by Gasteiger charge is -2.26. The van der Waals surface area contributed by atoms with E-state index in [9.17, 15) is 9.59 Å². The zero-order chi connectivity index (χ0) is 19.2. The van der Waals surface area contributed by atoms with Crippen LogP contribution in [0.1, 0.15) is 22.8 Å². The zero-order valence-corrected chi connectivity index (χ0v) is 15.3. The Hall–Kier alpha value is -3.22. The number of benzene rings is 2. The number of nitrogens with one attached hydrogen (secondary N) is 2. The SMILES string of the molecule is CCOC(=O)c1cccc(NC(=O)NC2COc3ccc(OC)cc3C2)c1. The van der Waals surface area contributed by atoms with Crippen molar-refractivity contribution in [3.63, 3.8) is 0 Å². The van der Waals surface area contributed by atoms with Gasteiger partial charge in [-0.15, -0.1) is 0 Å². The number of carbonyl (C=O) groups is 2. The molecule has 1 unspecified atom stereocenters. The number of esters is 1. The summed E-state index contributed by atoms with van der Waals surface area (Å²) in [6.07, 6.45) is 0.642. The van der Waals surface area contributed by atoms with Crippen LogP contribution in [0.2, 0.25) is 0 Å². The van der Waals surface area contributed by atoms with Gasteiger partial charge in [-0.25, -0.2) is 9.59 Å². The minimum Gasteiger partial charge on any atom is -0.497 e. The number of urea groups is 1. The molecule has 0 bridgehead atoms. The highest BCUT2D eigenvalue weighted by Crippen LogP contribution is 2.28. The van der Waals surface area contributed by atoms with Crippen LogP contribution in [0.15, 0.2) is 42.5 Å². The molecule has 2 aromatic rings. The maximum Gasteiger partial charge on any atom is 0.338 e. The minimum absolute atomic E-state index is 0.169. The van der Waals surface area contributed by atoms with Crippen LogP contribution in [-0.2, 0) is 11.2 Å². The van der Waals surface area contributed by atoms with Crippen LogP contribution in [0.25, 0.3) is 0 Å². The van der Waals surface area contributed by atoms with Gasteiger partial charge in [0.05, 0.1) is 25.3 Å². The molecule has 1 aliphatic rings.